The van der Waals surface area contributed by atoms with Crippen LogP contribution in [0.5, 0.6) is 0 Å². The van der Waals surface area contributed by atoms with Gasteiger partial charge in [0.15, 0.2) is 10.9 Å². The first-order chi connectivity index (χ1) is 11.6. The summed E-state index contributed by atoms with van der Waals surface area (Å²) < 4.78 is 0. The summed E-state index contributed by atoms with van der Waals surface area (Å²) in [6.45, 7) is 2.44. The molecule has 1 aromatic carbocycles. The predicted octanol–water partition coefficient (Wildman–Crippen LogP) is 4.01. The number of carbonyl (C=O) groups is 2. The molecule has 0 radical (unpaired) electrons. The minimum absolute atomic E-state index is 0.0169. The maximum absolute atomic E-state index is 12.5. The van der Waals surface area contributed by atoms with Gasteiger partial charge in [-0.1, -0.05) is 25.8 Å². The van der Waals surface area contributed by atoms with E-state index in [0.717, 1.165) is 24.8 Å². The minimum atomic E-state index is -0.423. The van der Waals surface area contributed by atoms with Crippen LogP contribution in [0.2, 0.25) is 0 Å². The van der Waals surface area contributed by atoms with Crippen LogP contribution >= 0.6 is 11.3 Å². The Morgan fingerprint density at radius 2 is 2.08 bits per heavy atom. The fourth-order valence-corrected chi connectivity index (χ4v) is 2.79. The highest BCUT2D eigenvalue weighted by atomic mass is 32.1. The van der Waals surface area contributed by atoms with E-state index in [1.807, 2.05) is 6.07 Å². The molecule has 0 aliphatic carbocycles. The molecule has 6 nitrogen and oxygen atoms in total. The van der Waals surface area contributed by atoms with Gasteiger partial charge in [-0.2, -0.15) is 0 Å². The lowest BCUT2D eigenvalue weighted by Crippen LogP contribution is -2.21. The number of Topliss-reactive ketones (excluding diaryl/α,β-unsaturated/α-hetero) is 1. The van der Waals surface area contributed by atoms with Crippen LogP contribution < -0.4 is 16.4 Å². The number of hydrogen-bond acceptors (Lipinski definition) is 5. The standard InChI is InChI=1S/C17H22N4O2S/c1-2-3-4-5-15(22)13-10-12(11-18)6-7-14(13)20-16(23)21-17-19-8-9-24-17/h6-10H,2-5,11,18H2,1H3,(H2,19,20,21,23). The number of rotatable bonds is 8. The van der Waals surface area contributed by atoms with E-state index in [2.05, 4.69) is 22.5 Å². The lowest BCUT2D eigenvalue weighted by Gasteiger charge is -2.12. The summed E-state index contributed by atoms with van der Waals surface area (Å²) >= 11 is 1.33. The van der Waals surface area contributed by atoms with Gasteiger partial charge >= 0.3 is 6.03 Å². The maximum Gasteiger partial charge on any atom is 0.325 e. The molecule has 0 aliphatic rings. The van der Waals surface area contributed by atoms with Crippen LogP contribution in [0, 0.1) is 0 Å². The van der Waals surface area contributed by atoms with Gasteiger partial charge in [0.25, 0.3) is 0 Å². The Bertz CT molecular complexity index is 686. The molecule has 1 aromatic heterocycles. The number of nitrogens with one attached hydrogen (secondary N) is 2. The molecule has 0 atom stereocenters. The Labute approximate surface area is 145 Å². The predicted molar refractivity (Wildman–Crippen MR) is 97.6 cm³/mol. The molecular formula is C17H22N4O2S. The lowest BCUT2D eigenvalue weighted by atomic mass is 10.0. The van der Waals surface area contributed by atoms with Crippen molar-refractivity contribution in [2.75, 3.05) is 10.6 Å². The summed E-state index contributed by atoms with van der Waals surface area (Å²) in [5.41, 5.74) is 7.52. The van der Waals surface area contributed by atoms with Crippen molar-refractivity contribution in [2.24, 2.45) is 5.73 Å². The van der Waals surface area contributed by atoms with Crippen LogP contribution in [0.15, 0.2) is 29.8 Å². The summed E-state index contributed by atoms with van der Waals surface area (Å²) in [5.74, 6) is 0.0169. The molecule has 0 saturated heterocycles. The zero-order valence-electron chi connectivity index (χ0n) is 13.7. The lowest BCUT2D eigenvalue weighted by molar-refractivity contribution is 0.0980. The highest BCUT2D eigenvalue weighted by Gasteiger charge is 2.14. The van der Waals surface area contributed by atoms with Gasteiger partial charge in [-0.15, -0.1) is 11.3 Å². The van der Waals surface area contributed by atoms with E-state index < -0.39 is 6.03 Å². The molecule has 0 spiro atoms. The molecule has 0 saturated carbocycles. The average molecular weight is 346 g/mol. The Balaban J connectivity index is 2.12. The van der Waals surface area contributed by atoms with Crippen LogP contribution in [-0.4, -0.2) is 16.8 Å². The highest BCUT2D eigenvalue weighted by molar-refractivity contribution is 7.13. The minimum Gasteiger partial charge on any atom is -0.326 e. The second-order valence-corrected chi connectivity index (χ2v) is 6.28. The second kappa shape index (κ2) is 9.14. The first-order valence-corrected chi connectivity index (χ1v) is 8.85. The number of thiazole rings is 1. The van der Waals surface area contributed by atoms with E-state index in [0.29, 0.717) is 29.3 Å². The molecule has 128 valence electrons. The topological polar surface area (TPSA) is 97.1 Å². The molecule has 0 aliphatic heterocycles. The third-order valence-corrected chi connectivity index (χ3v) is 4.22. The third kappa shape index (κ3) is 5.14. The molecule has 0 unspecified atom stereocenters. The number of nitrogens with zero attached hydrogens (tertiary/aromatic N) is 1. The molecule has 2 aromatic rings. The molecule has 7 heteroatoms. The Morgan fingerprint density at radius 3 is 2.75 bits per heavy atom. The second-order valence-electron chi connectivity index (χ2n) is 5.38. The molecule has 2 rings (SSSR count). The van der Waals surface area contributed by atoms with Crippen molar-refractivity contribution in [2.45, 2.75) is 39.2 Å². The monoisotopic (exact) mass is 346 g/mol. The molecule has 24 heavy (non-hydrogen) atoms. The van der Waals surface area contributed by atoms with Crippen molar-refractivity contribution in [3.63, 3.8) is 0 Å². The number of benzene rings is 1. The first-order valence-electron chi connectivity index (χ1n) is 7.97. The normalized spacial score (nSPS) is 10.4. The zero-order chi connectivity index (χ0) is 17.4. The van der Waals surface area contributed by atoms with Gasteiger partial charge < -0.3 is 11.1 Å². The molecule has 0 fully saturated rings. The number of aromatic nitrogens is 1. The van der Waals surface area contributed by atoms with Crippen molar-refractivity contribution in [1.29, 1.82) is 0 Å². The van der Waals surface area contributed by atoms with Gasteiger partial charge in [-0.25, -0.2) is 9.78 Å². The first kappa shape index (κ1) is 18.1. The number of urea groups is 1. The van der Waals surface area contributed by atoms with Gasteiger partial charge in [0.2, 0.25) is 0 Å². The summed E-state index contributed by atoms with van der Waals surface area (Å²) in [5, 5.41) is 7.64. The Kier molecular flexibility index (Phi) is 6.89. The smallest absolute Gasteiger partial charge is 0.325 e. The van der Waals surface area contributed by atoms with E-state index in [4.69, 9.17) is 5.73 Å². The summed E-state index contributed by atoms with van der Waals surface area (Å²) in [4.78, 5) is 28.6. The molecule has 4 N–H and O–H groups in total. The van der Waals surface area contributed by atoms with E-state index in [9.17, 15) is 9.59 Å². The SMILES string of the molecule is CCCCCC(=O)c1cc(CN)ccc1NC(=O)Nc1nccs1. The number of amides is 2. The number of carbonyl (C=O) groups excluding carboxylic acids is 2. The average Bonchev–Trinajstić information content (AvgIpc) is 3.08. The van der Waals surface area contributed by atoms with Crippen LogP contribution in [-0.2, 0) is 6.54 Å². The van der Waals surface area contributed by atoms with E-state index >= 15 is 0 Å². The van der Waals surface area contributed by atoms with Crippen LogP contribution in [0.4, 0.5) is 15.6 Å². The molecule has 2 amide bonds. The van der Waals surface area contributed by atoms with Gasteiger partial charge in [-0.05, 0) is 24.1 Å². The maximum atomic E-state index is 12.5. The molecule has 1 heterocycles. The van der Waals surface area contributed by atoms with Gasteiger partial charge in [-0.3, -0.25) is 10.1 Å². The van der Waals surface area contributed by atoms with Crippen molar-refractivity contribution in [3.8, 4) is 0 Å². The van der Waals surface area contributed by atoms with Crippen LogP contribution in [0.1, 0.15) is 48.5 Å². The summed E-state index contributed by atoms with van der Waals surface area (Å²) in [6.07, 6.45) is 4.98. The van der Waals surface area contributed by atoms with Crippen LogP contribution in [0.3, 0.4) is 0 Å². The Morgan fingerprint density at radius 1 is 1.25 bits per heavy atom. The van der Waals surface area contributed by atoms with Crippen molar-refractivity contribution in [1.82, 2.24) is 4.98 Å². The third-order valence-electron chi connectivity index (χ3n) is 3.53. The van der Waals surface area contributed by atoms with E-state index in [-0.39, 0.29) is 5.78 Å². The van der Waals surface area contributed by atoms with E-state index in [1.165, 1.54) is 11.3 Å². The number of nitrogens with two attached hydrogens (primary N) is 1. The van der Waals surface area contributed by atoms with Crippen molar-refractivity contribution >= 4 is 34.0 Å². The zero-order valence-corrected chi connectivity index (χ0v) is 14.5. The van der Waals surface area contributed by atoms with Crippen molar-refractivity contribution < 1.29 is 9.59 Å². The quantitative estimate of drug-likeness (QED) is 0.497. The number of hydrogen-bond donors (Lipinski definition) is 3. The largest absolute Gasteiger partial charge is 0.326 e. The summed E-state index contributed by atoms with van der Waals surface area (Å²) in [7, 11) is 0. The number of ketones is 1. The van der Waals surface area contributed by atoms with Crippen molar-refractivity contribution in [3.05, 3.63) is 40.9 Å². The fourth-order valence-electron chi connectivity index (χ4n) is 2.26. The molecular weight excluding hydrogens is 324 g/mol. The number of unbranched alkanes of at least 4 members (excludes halogenated alkanes) is 2. The van der Waals surface area contributed by atoms with Gasteiger partial charge in [0, 0.05) is 30.1 Å². The Hall–Kier alpha value is -2.25. The summed E-state index contributed by atoms with van der Waals surface area (Å²) in [6, 6.07) is 4.86. The fraction of sp³-hybridized carbons (Fsp3) is 0.353. The molecule has 0 bridgehead atoms. The van der Waals surface area contributed by atoms with E-state index in [1.54, 1.807) is 23.7 Å². The van der Waals surface area contributed by atoms with Crippen LogP contribution in [0.25, 0.3) is 0 Å². The van der Waals surface area contributed by atoms with Gasteiger partial charge in [0.05, 0.1) is 5.69 Å². The highest BCUT2D eigenvalue weighted by Crippen LogP contribution is 2.21. The van der Waals surface area contributed by atoms with Gasteiger partial charge in [0.1, 0.15) is 0 Å². The number of anilines is 2.